The molecule has 1 aliphatic heterocycles. The van der Waals surface area contributed by atoms with E-state index in [1.54, 1.807) is 19.9 Å². The maximum absolute atomic E-state index is 12.5. The van der Waals surface area contributed by atoms with Gasteiger partial charge in [0.1, 0.15) is 11.4 Å². The van der Waals surface area contributed by atoms with Gasteiger partial charge in [0.25, 0.3) is 0 Å². The Labute approximate surface area is 184 Å². The molecule has 2 aromatic carbocycles. The number of unbranched alkanes of at least 4 members (excludes halogenated alkanes) is 1. The molecule has 1 aliphatic rings. The third-order valence-corrected chi connectivity index (χ3v) is 6.69. The minimum atomic E-state index is -1.10. The SMILES string of the molecule is Cc1ccc([S+]([O-])CCCCOc2cc3c(cc2[N+](=O)[O-])NC(=O)OC3(C)C)cc1C. The summed E-state index contributed by atoms with van der Waals surface area (Å²) in [4.78, 5) is 23.4. The van der Waals surface area contributed by atoms with Crippen molar-refractivity contribution in [1.29, 1.82) is 0 Å². The second-order valence-electron chi connectivity index (χ2n) is 8.00. The molecule has 166 valence electrons. The number of carbonyl (C=O) groups is 1. The number of anilines is 1. The molecule has 1 atom stereocenters. The van der Waals surface area contributed by atoms with E-state index in [0.717, 1.165) is 16.0 Å². The van der Waals surface area contributed by atoms with Crippen molar-refractivity contribution in [2.45, 2.75) is 51.0 Å². The number of hydrogen-bond donors (Lipinski definition) is 1. The first-order chi connectivity index (χ1) is 14.6. The Kier molecular flexibility index (Phi) is 6.76. The van der Waals surface area contributed by atoms with Crippen LogP contribution < -0.4 is 10.1 Å². The molecule has 3 rings (SSSR count). The van der Waals surface area contributed by atoms with Crippen LogP contribution in [0.5, 0.6) is 5.75 Å². The first-order valence-corrected chi connectivity index (χ1v) is 11.3. The highest BCUT2D eigenvalue weighted by Gasteiger charge is 2.36. The first kappa shape index (κ1) is 22.9. The largest absolute Gasteiger partial charge is 0.611 e. The number of nitrogens with one attached hydrogen (secondary N) is 1. The summed E-state index contributed by atoms with van der Waals surface area (Å²) < 4.78 is 23.4. The summed E-state index contributed by atoms with van der Waals surface area (Å²) >= 11 is -1.10. The number of aryl methyl sites for hydroxylation is 2. The van der Waals surface area contributed by atoms with E-state index < -0.39 is 27.8 Å². The minimum Gasteiger partial charge on any atom is -0.611 e. The Bertz CT molecular complexity index is 1010. The fourth-order valence-electron chi connectivity index (χ4n) is 3.34. The zero-order valence-electron chi connectivity index (χ0n) is 18.0. The Morgan fingerprint density at radius 2 is 1.90 bits per heavy atom. The molecule has 0 fully saturated rings. The van der Waals surface area contributed by atoms with Crippen molar-refractivity contribution in [1.82, 2.24) is 0 Å². The normalized spacial score (nSPS) is 15.5. The predicted octanol–water partition coefficient (Wildman–Crippen LogP) is 4.98. The second-order valence-corrected chi connectivity index (χ2v) is 9.57. The highest BCUT2D eigenvalue weighted by Crippen LogP contribution is 2.42. The molecule has 8 nitrogen and oxygen atoms in total. The molecule has 1 N–H and O–H groups in total. The van der Waals surface area contributed by atoms with Crippen molar-refractivity contribution >= 4 is 28.6 Å². The zero-order valence-corrected chi connectivity index (χ0v) is 18.8. The molecular formula is C22H26N2O6S. The monoisotopic (exact) mass is 446 g/mol. The van der Waals surface area contributed by atoms with Gasteiger partial charge in [-0.3, -0.25) is 15.4 Å². The summed E-state index contributed by atoms with van der Waals surface area (Å²) in [6, 6.07) is 8.63. The van der Waals surface area contributed by atoms with Crippen molar-refractivity contribution in [3.8, 4) is 5.75 Å². The van der Waals surface area contributed by atoms with Crippen LogP contribution in [0.1, 0.15) is 43.4 Å². The van der Waals surface area contributed by atoms with E-state index >= 15 is 0 Å². The van der Waals surface area contributed by atoms with Crippen LogP contribution in [0.25, 0.3) is 0 Å². The van der Waals surface area contributed by atoms with Crippen molar-refractivity contribution in [3.63, 3.8) is 0 Å². The van der Waals surface area contributed by atoms with Gasteiger partial charge in [-0.15, -0.1) is 0 Å². The number of amides is 1. The Morgan fingerprint density at radius 1 is 1.16 bits per heavy atom. The number of nitro groups is 1. The maximum Gasteiger partial charge on any atom is 0.412 e. The van der Waals surface area contributed by atoms with Crippen LogP contribution >= 0.6 is 0 Å². The van der Waals surface area contributed by atoms with Crippen LogP contribution in [0.4, 0.5) is 16.2 Å². The summed E-state index contributed by atoms with van der Waals surface area (Å²) in [5.41, 5.74) is 2.04. The molecule has 0 bridgehead atoms. The van der Waals surface area contributed by atoms with E-state index in [-0.39, 0.29) is 18.0 Å². The van der Waals surface area contributed by atoms with Crippen LogP contribution in [0.2, 0.25) is 0 Å². The number of rotatable bonds is 8. The fraction of sp³-hybridized carbons (Fsp3) is 0.409. The molecular weight excluding hydrogens is 420 g/mol. The summed E-state index contributed by atoms with van der Waals surface area (Å²) in [5, 5.41) is 14.0. The summed E-state index contributed by atoms with van der Waals surface area (Å²) in [6.45, 7) is 7.68. The average Bonchev–Trinajstić information content (AvgIpc) is 2.68. The van der Waals surface area contributed by atoms with Gasteiger partial charge in [0.05, 0.1) is 17.2 Å². The molecule has 0 saturated carbocycles. The highest BCUT2D eigenvalue weighted by atomic mass is 32.2. The smallest absolute Gasteiger partial charge is 0.412 e. The summed E-state index contributed by atoms with van der Waals surface area (Å²) in [7, 11) is 0. The predicted molar refractivity (Wildman–Crippen MR) is 118 cm³/mol. The Balaban J connectivity index is 1.61. The third-order valence-electron chi connectivity index (χ3n) is 5.25. The lowest BCUT2D eigenvalue weighted by molar-refractivity contribution is -0.385. The van der Waals surface area contributed by atoms with Crippen LogP contribution in [0.3, 0.4) is 0 Å². The molecule has 0 radical (unpaired) electrons. The molecule has 1 heterocycles. The Morgan fingerprint density at radius 3 is 2.58 bits per heavy atom. The molecule has 1 amide bonds. The van der Waals surface area contributed by atoms with Crippen molar-refractivity contribution in [2.24, 2.45) is 0 Å². The quantitative estimate of drug-likeness (QED) is 0.265. The summed E-state index contributed by atoms with van der Waals surface area (Å²) in [5.74, 6) is 0.609. The van der Waals surface area contributed by atoms with E-state index in [4.69, 9.17) is 9.47 Å². The fourth-order valence-corrected chi connectivity index (χ4v) is 4.57. The lowest BCUT2D eigenvalue weighted by Gasteiger charge is -2.32. The molecule has 1 unspecified atom stereocenters. The van der Waals surface area contributed by atoms with E-state index in [0.29, 0.717) is 29.8 Å². The van der Waals surface area contributed by atoms with Gasteiger partial charge in [-0.25, -0.2) is 4.79 Å². The molecule has 0 aromatic heterocycles. The van der Waals surface area contributed by atoms with Gasteiger partial charge in [-0.1, -0.05) is 6.07 Å². The van der Waals surface area contributed by atoms with Crippen molar-refractivity contribution in [3.05, 3.63) is 57.1 Å². The molecule has 31 heavy (non-hydrogen) atoms. The molecule has 9 heteroatoms. The van der Waals surface area contributed by atoms with Gasteiger partial charge in [0, 0.05) is 11.6 Å². The molecule has 0 saturated heterocycles. The van der Waals surface area contributed by atoms with Gasteiger partial charge < -0.3 is 14.0 Å². The van der Waals surface area contributed by atoms with Crippen LogP contribution in [-0.4, -0.2) is 27.9 Å². The van der Waals surface area contributed by atoms with Crippen molar-refractivity contribution in [2.75, 3.05) is 17.7 Å². The van der Waals surface area contributed by atoms with Gasteiger partial charge in [0.2, 0.25) is 0 Å². The number of fused-ring (bicyclic) bond motifs is 1. The number of hydrogen-bond acceptors (Lipinski definition) is 6. The van der Waals surface area contributed by atoms with Gasteiger partial charge in [0.15, 0.2) is 10.6 Å². The van der Waals surface area contributed by atoms with E-state index in [1.807, 2.05) is 32.0 Å². The summed E-state index contributed by atoms with van der Waals surface area (Å²) in [6.07, 6.45) is 0.599. The number of ether oxygens (including phenoxy) is 2. The number of carbonyl (C=O) groups excluding carboxylic acids is 1. The maximum atomic E-state index is 12.5. The van der Waals surface area contributed by atoms with E-state index in [2.05, 4.69) is 5.32 Å². The van der Waals surface area contributed by atoms with E-state index in [9.17, 15) is 19.5 Å². The lowest BCUT2D eigenvalue weighted by atomic mass is 9.94. The van der Waals surface area contributed by atoms with Gasteiger partial charge in [-0.05, 0) is 81.0 Å². The van der Waals surface area contributed by atoms with Crippen molar-refractivity contribution < 1.29 is 23.7 Å². The van der Waals surface area contributed by atoms with Crippen LogP contribution in [0.15, 0.2) is 35.2 Å². The average molecular weight is 447 g/mol. The van der Waals surface area contributed by atoms with E-state index in [1.165, 1.54) is 6.07 Å². The van der Waals surface area contributed by atoms with Gasteiger partial charge in [-0.2, -0.15) is 0 Å². The van der Waals surface area contributed by atoms with Crippen LogP contribution in [-0.2, 0) is 21.5 Å². The number of nitro benzene ring substituents is 1. The lowest BCUT2D eigenvalue weighted by Crippen LogP contribution is -2.34. The Hall–Kier alpha value is -2.78. The number of benzene rings is 2. The highest BCUT2D eigenvalue weighted by molar-refractivity contribution is 7.91. The van der Waals surface area contributed by atoms with Crippen LogP contribution in [0, 0.1) is 24.0 Å². The molecule has 0 spiro atoms. The van der Waals surface area contributed by atoms with Gasteiger partial charge >= 0.3 is 11.8 Å². The number of cyclic esters (lactones) is 1. The zero-order chi connectivity index (χ0) is 22.8. The third kappa shape index (κ3) is 5.29. The second kappa shape index (κ2) is 9.15. The molecule has 0 aliphatic carbocycles. The molecule has 2 aromatic rings. The number of nitrogens with zero attached hydrogens (tertiary/aromatic N) is 1. The first-order valence-electron chi connectivity index (χ1n) is 10.00. The minimum absolute atomic E-state index is 0.117. The standard InChI is InChI=1S/C22H26N2O6S/c1-14-7-8-16(11-15(14)2)31(28)10-6-5-9-29-20-12-17-18(13-19(20)24(26)27)23-21(25)30-22(17,3)4/h7-8,11-13H,5-6,9-10H2,1-4H3,(H,23,25). The topological polar surface area (TPSA) is 114 Å².